The van der Waals surface area contributed by atoms with Crippen LogP contribution in [0, 0.1) is 11.8 Å². The first kappa shape index (κ1) is 14.6. The van der Waals surface area contributed by atoms with Gasteiger partial charge in [0.25, 0.3) is 0 Å². The highest BCUT2D eigenvalue weighted by atomic mass is 16.4. The molecular weight excluding hydrogens is 190 g/mol. The maximum Gasteiger partial charge on any atom is 0.137 e. The van der Waals surface area contributed by atoms with E-state index in [0.717, 1.165) is 18.7 Å². The number of rotatable bonds is 1. The lowest BCUT2D eigenvalue weighted by Gasteiger charge is -2.09. The lowest BCUT2D eigenvalue weighted by atomic mass is 9.95. The van der Waals surface area contributed by atoms with Gasteiger partial charge in [-0.3, -0.25) is 0 Å². The van der Waals surface area contributed by atoms with Crippen molar-refractivity contribution in [3.63, 3.8) is 0 Å². The van der Waals surface area contributed by atoms with E-state index in [1.165, 1.54) is 19.3 Å². The minimum atomic E-state index is 0.187. The Bertz CT molecular complexity index is 162. The molecule has 0 amide bonds. The number of hydrogen-bond donors (Lipinski definition) is 1. The normalized spacial score (nSPS) is 31.9. The van der Waals surface area contributed by atoms with Crippen LogP contribution in [0.2, 0.25) is 0 Å². The van der Waals surface area contributed by atoms with Gasteiger partial charge < -0.3 is 14.8 Å². The zero-order valence-electron chi connectivity index (χ0n) is 10.5. The van der Waals surface area contributed by atoms with E-state index in [1.54, 1.807) is 14.2 Å². The van der Waals surface area contributed by atoms with Crippen molar-refractivity contribution in [1.29, 1.82) is 0 Å². The first-order valence-corrected chi connectivity index (χ1v) is 5.92. The number of ether oxygens (including phenoxy) is 1. The van der Waals surface area contributed by atoms with Gasteiger partial charge in [0, 0.05) is 14.2 Å². The first-order chi connectivity index (χ1) is 7.33. The monoisotopic (exact) mass is 215 g/mol. The Labute approximate surface area is 93.6 Å². The van der Waals surface area contributed by atoms with E-state index >= 15 is 0 Å². The van der Waals surface area contributed by atoms with Crippen molar-refractivity contribution in [2.75, 3.05) is 20.8 Å². The lowest BCUT2D eigenvalue weighted by molar-refractivity contribution is -0.110. The third-order valence-electron chi connectivity index (χ3n) is 2.94. The van der Waals surface area contributed by atoms with Gasteiger partial charge in [-0.2, -0.15) is 0 Å². The molecule has 0 radical (unpaired) electrons. The fourth-order valence-corrected chi connectivity index (χ4v) is 2.38. The van der Waals surface area contributed by atoms with Gasteiger partial charge in [0.1, 0.15) is 6.29 Å². The maximum absolute atomic E-state index is 10.5. The Kier molecular flexibility index (Phi) is 8.62. The minimum Gasteiger partial charge on any atom is -0.388 e. The van der Waals surface area contributed by atoms with E-state index in [-0.39, 0.29) is 6.04 Å². The van der Waals surface area contributed by atoms with Crippen LogP contribution in [-0.4, -0.2) is 33.1 Å². The molecule has 3 heteroatoms. The summed E-state index contributed by atoms with van der Waals surface area (Å²) in [6, 6.07) is 0.187. The van der Waals surface area contributed by atoms with Gasteiger partial charge in [-0.05, 0) is 31.2 Å². The van der Waals surface area contributed by atoms with E-state index in [9.17, 15) is 4.79 Å². The average Bonchev–Trinajstić information content (AvgIpc) is 2.83. The summed E-state index contributed by atoms with van der Waals surface area (Å²) in [7, 11) is 3.25. The van der Waals surface area contributed by atoms with Gasteiger partial charge in [-0.1, -0.05) is 20.3 Å². The summed E-state index contributed by atoms with van der Waals surface area (Å²) in [4.78, 5) is 10.5. The van der Waals surface area contributed by atoms with Crippen molar-refractivity contribution < 1.29 is 9.53 Å². The molecule has 1 saturated heterocycles. The largest absolute Gasteiger partial charge is 0.388 e. The van der Waals surface area contributed by atoms with Crippen LogP contribution < -0.4 is 5.32 Å². The predicted molar refractivity (Wildman–Crippen MR) is 63.0 cm³/mol. The van der Waals surface area contributed by atoms with Crippen molar-refractivity contribution >= 4 is 6.29 Å². The molecule has 1 aliphatic carbocycles. The van der Waals surface area contributed by atoms with Crippen LogP contribution in [0.25, 0.3) is 0 Å². The van der Waals surface area contributed by atoms with Crippen LogP contribution in [0.5, 0.6) is 0 Å². The number of carbonyl (C=O) groups is 1. The van der Waals surface area contributed by atoms with Crippen LogP contribution in [0.1, 0.15) is 33.1 Å². The zero-order valence-corrected chi connectivity index (χ0v) is 10.5. The molecule has 2 aliphatic rings. The van der Waals surface area contributed by atoms with Crippen LogP contribution in [0.15, 0.2) is 0 Å². The number of aldehydes is 1. The highest BCUT2D eigenvalue weighted by molar-refractivity contribution is 5.59. The van der Waals surface area contributed by atoms with Crippen molar-refractivity contribution in [2.45, 2.75) is 39.2 Å². The second-order valence-corrected chi connectivity index (χ2v) is 3.83. The highest BCUT2D eigenvalue weighted by Crippen LogP contribution is 2.36. The van der Waals surface area contributed by atoms with Crippen molar-refractivity contribution in [3.05, 3.63) is 0 Å². The molecule has 3 nitrogen and oxygen atoms in total. The smallest absolute Gasteiger partial charge is 0.137 e. The van der Waals surface area contributed by atoms with Crippen LogP contribution in [0.4, 0.5) is 0 Å². The molecule has 2 rings (SSSR count). The Morgan fingerprint density at radius 2 is 1.87 bits per heavy atom. The molecule has 0 bridgehead atoms. The molecule has 1 saturated carbocycles. The number of methoxy groups -OCH3 is 1. The SMILES string of the molecule is CC.COC.O=CC1NCC2CCCC21. The fraction of sp³-hybridized carbons (Fsp3) is 0.917. The van der Waals surface area contributed by atoms with Crippen LogP contribution >= 0.6 is 0 Å². The quantitative estimate of drug-likeness (QED) is 0.679. The molecular formula is C12H25NO2. The number of fused-ring (bicyclic) bond motifs is 1. The summed E-state index contributed by atoms with van der Waals surface area (Å²) < 4.78 is 4.25. The second kappa shape index (κ2) is 8.86. The lowest BCUT2D eigenvalue weighted by Crippen LogP contribution is -2.27. The summed E-state index contributed by atoms with van der Waals surface area (Å²) >= 11 is 0. The summed E-state index contributed by atoms with van der Waals surface area (Å²) in [5.41, 5.74) is 0. The molecule has 3 unspecified atom stereocenters. The third kappa shape index (κ3) is 4.31. The standard InChI is InChI=1S/C8H13NO.C2H6O.C2H6/c10-5-8-7-3-1-2-6(7)4-9-8;1-3-2;1-2/h5-9H,1-4H2;1-2H3;1-2H3. The molecule has 0 aromatic rings. The first-order valence-electron chi connectivity index (χ1n) is 5.92. The van der Waals surface area contributed by atoms with Gasteiger partial charge in [0.2, 0.25) is 0 Å². The highest BCUT2D eigenvalue weighted by Gasteiger charge is 2.38. The zero-order chi connectivity index (χ0) is 11.7. The van der Waals surface area contributed by atoms with E-state index in [1.807, 2.05) is 13.8 Å². The molecule has 1 heterocycles. The maximum atomic E-state index is 10.5. The second-order valence-electron chi connectivity index (χ2n) is 3.83. The predicted octanol–water partition coefficient (Wildman–Crippen LogP) is 1.86. The van der Waals surface area contributed by atoms with Crippen molar-refractivity contribution in [2.24, 2.45) is 11.8 Å². The molecule has 1 N–H and O–H groups in total. The Balaban J connectivity index is 0.000000342. The number of nitrogens with one attached hydrogen (secondary N) is 1. The van der Waals surface area contributed by atoms with E-state index in [0.29, 0.717) is 5.92 Å². The Morgan fingerprint density at radius 1 is 1.27 bits per heavy atom. The Morgan fingerprint density at radius 3 is 2.40 bits per heavy atom. The molecule has 2 fully saturated rings. The van der Waals surface area contributed by atoms with Crippen LogP contribution in [-0.2, 0) is 9.53 Å². The molecule has 0 spiro atoms. The topological polar surface area (TPSA) is 38.3 Å². The van der Waals surface area contributed by atoms with Crippen LogP contribution in [0.3, 0.4) is 0 Å². The van der Waals surface area contributed by atoms with E-state index in [2.05, 4.69) is 10.1 Å². The van der Waals surface area contributed by atoms with Gasteiger partial charge in [0.15, 0.2) is 0 Å². The van der Waals surface area contributed by atoms with Gasteiger partial charge in [0.05, 0.1) is 6.04 Å². The number of hydrogen-bond acceptors (Lipinski definition) is 3. The number of carbonyl (C=O) groups excluding carboxylic acids is 1. The van der Waals surface area contributed by atoms with Crippen molar-refractivity contribution in [3.8, 4) is 0 Å². The van der Waals surface area contributed by atoms with Gasteiger partial charge in [-0.15, -0.1) is 0 Å². The molecule has 15 heavy (non-hydrogen) atoms. The minimum absolute atomic E-state index is 0.187. The molecule has 1 aliphatic heterocycles. The summed E-state index contributed by atoms with van der Waals surface area (Å²) in [6.07, 6.45) is 5.01. The fourth-order valence-electron chi connectivity index (χ4n) is 2.38. The van der Waals surface area contributed by atoms with Gasteiger partial charge in [-0.25, -0.2) is 0 Å². The Hall–Kier alpha value is -0.410. The summed E-state index contributed by atoms with van der Waals surface area (Å²) in [5, 5.41) is 3.24. The van der Waals surface area contributed by atoms with Crippen molar-refractivity contribution in [1.82, 2.24) is 5.32 Å². The summed E-state index contributed by atoms with van der Waals surface area (Å²) in [6.45, 7) is 5.08. The molecule has 90 valence electrons. The third-order valence-corrected chi connectivity index (χ3v) is 2.94. The molecule has 3 atom stereocenters. The van der Waals surface area contributed by atoms with Gasteiger partial charge >= 0.3 is 0 Å². The van der Waals surface area contributed by atoms with E-state index < -0.39 is 0 Å². The molecule has 0 aromatic carbocycles. The van der Waals surface area contributed by atoms with E-state index in [4.69, 9.17) is 0 Å². The molecule has 0 aromatic heterocycles. The summed E-state index contributed by atoms with van der Waals surface area (Å²) in [5.74, 6) is 1.49. The average molecular weight is 215 g/mol.